The van der Waals surface area contributed by atoms with Crippen LogP contribution < -0.4 is 10.5 Å². The Bertz CT molecular complexity index is 742. The lowest BCUT2D eigenvalue weighted by atomic mass is 10.1. The van der Waals surface area contributed by atoms with Crippen LogP contribution in [0, 0.1) is 6.92 Å². The summed E-state index contributed by atoms with van der Waals surface area (Å²) < 4.78 is 27.0. The van der Waals surface area contributed by atoms with E-state index in [9.17, 15) is 8.42 Å². The number of nitrogen functional groups attached to an aromatic ring is 1. The Labute approximate surface area is 125 Å². The Balaban J connectivity index is 2.17. The van der Waals surface area contributed by atoms with Gasteiger partial charge in [0.25, 0.3) is 0 Å². The van der Waals surface area contributed by atoms with E-state index in [0.29, 0.717) is 11.4 Å². The zero-order valence-corrected chi connectivity index (χ0v) is 12.9. The zero-order chi connectivity index (χ0) is 15.5. The largest absolute Gasteiger partial charge is 0.398 e. The number of benzene rings is 1. The normalized spacial score (nSPS) is 11.5. The number of pyridine rings is 1. The Morgan fingerprint density at radius 1 is 1.24 bits per heavy atom. The first-order valence-electron chi connectivity index (χ1n) is 6.73. The molecule has 2 aromatic rings. The van der Waals surface area contributed by atoms with Crippen molar-refractivity contribution < 1.29 is 8.42 Å². The van der Waals surface area contributed by atoms with E-state index in [2.05, 4.69) is 9.71 Å². The molecule has 112 valence electrons. The Kier molecular flexibility index (Phi) is 4.59. The van der Waals surface area contributed by atoms with E-state index in [1.54, 1.807) is 18.2 Å². The molecule has 0 aliphatic heterocycles. The molecule has 1 aromatic heterocycles. The molecule has 0 fully saturated rings. The number of hydrogen-bond acceptors (Lipinski definition) is 4. The van der Waals surface area contributed by atoms with Gasteiger partial charge in [0.1, 0.15) is 0 Å². The first-order chi connectivity index (χ1) is 9.92. The second-order valence-electron chi connectivity index (χ2n) is 4.81. The molecule has 0 aliphatic carbocycles. The molecule has 21 heavy (non-hydrogen) atoms. The van der Waals surface area contributed by atoms with Crippen molar-refractivity contribution in [2.24, 2.45) is 0 Å². The highest BCUT2D eigenvalue weighted by Gasteiger charge is 2.15. The summed E-state index contributed by atoms with van der Waals surface area (Å²) in [5.41, 5.74) is 8.81. The predicted molar refractivity (Wildman–Crippen MR) is 83.2 cm³/mol. The van der Waals surface area contributed by atoms with Gasteiger partial charge in [-0.1, -0.05) is 19.1 Å². The number of hydrogen-bond donors (Lipinski definition) is 2. The topological polar surface area (TPSA) is 85.1 Å². The van der Waals surface area contributed by atoms with E-state index in [4.69, 9.17) is 5.73 Å². The van der Waals surface area contributed by atoms with E-state index in [1.807, 2.05) is 26.0 Å². The average molecular weight is 305 g/mol. The lowest BCUT2D eigenvalue weighted by Gasteiger charge is -2.09. The highest BCUT2D eigenvalue weighted by Crippen LogP contribution is 2.18. The van der Waals surface area contributed by atoms with Gasteiger partial charge in [-0.25, -0.2) is 13.1 Å². The zero-order valence-electron chi connectivity index (χ0n) is 12.1. The number of nitrogens with one attached hydrogen (secondary N) is 1. The maximum absolute atomic E-state index is 12.2. The second kappa shape index (κ2) is 6.24. The third kappa shape index (κ3) is 3.80. The van der Waals surface area contributed by atoms with Crippen LogP contribution in [0.15, 0.2) is 41.3 Å². The number of aromatic nitrogens is 1. The van der Waals surface area contributed by atoms with Gasteiger partial charge < -0.3 is 5.73 Å². The summed E-state index contributed by atoms with van der Waals surface area (Å²) in [4.78, 5) is 4.43. The van der Waals surface area contributed by atoms with E-state index in [0.717, 1.165) is 17.7 Å². The van der Waals surface area contributed by atoms with Gasteiger partial charge in [0.2, 0.25) is 10.0 Å². The number of rotatable bonds is 5. The molecular formula is C15H19N3O2S. The van der Waals surface area contributed by atoms with Crippen LogP contribution in [0.25, 0.3) is 0 Å². The number of nitrogens with two attached hydrogens (primary N) is 1. The fraction of sp³-hybridized carbons (Fsp3) is 0.267. The van der Waals surface area contributed by atoms with Gasteiger partial charge in [-0.05, 0) is 43.2 Å². The lowest BCUT2D eigenvalue weighted by molar-refractivity contribution is 0.580. The summed E-state index contributed by atoms with van der Waals surface area (Å²) in [5.74, 6) is 0. The molecule has 1 heterocycles. The molecule has 0 atom stereocenters. The highest BCUT2D eigenvalue weighted by molar-refractivity contribution is 7.89. The Hall–Kier alpha value is -1.92. The average Bonchev–Trinajstić information content (AvgIpc) is 2.45. The second-order valence-corrected chi connectivity index (χ2v) is 6.58. The minimum atomic E-state index is -3.59. The maximum atomic E-state index is 12.2. The van der Waals surface area contributed by atoms with Crippen molar-refractivity contribution in [1.82, 2.24) is 9.71 Å². The SMILES string of the molecule is CCc1ccc(S(=O)(=O)NCc2cccc(C)n2)cc1N. The number of anilines is 1. The van der Waals surface area contributed by atoms with Crippen LogP contribution in [0.4, 0.5) is 5.69 Å². The van der Waals surface area contributed by atoms with Gasteiger partial charge in [0, 0.05) is 11.4 Å². The van der Waals surface area contributed by atoms with Gasteiger partial charge >= 0.3 is 0 Å². The first-order valence-corrected chi connectivity index (χ1v) is 8.21. The van der Waals surface area contributed by atoms with Crippen LogP contribution in [0.2, 0.25) is 0 Å². The minimum Gasteiger partial charge on any atom is -0.398 e. The molecular weight excluding hydrogens is 286 g/mol. The molecule has 0 amide bonds. The van der Waals surface area contributed by atoms with Crippen LogP contribution >= 0.6 is 0 Å². The van der Waals surface area contributed by atoms with Crippen molar-refractivity contribution in [2.45, 2.75) is 31.7 Å². The number of nitrogens with zero attached hydrogens (tertiary/aromatic N) is 1. The molecule has 0 unspecified atom stereocenters. The molecule has 0 aliphatic rings. The smallest absolute Gasteiger partial charge is 0.240 e. The number of sulfonamides is 1. The minimum absolute atomic E-state index is 0.152. The van der Waals surface area contributed by atoms with Crippen LogP contribution in [-0.4, -0.2) is 13.4 Å². The van der Waals surface area contributed by atoms with E-state index in [-0.39, 0.29) is 11.4 Å². The first kappa shape index (κ1) is 15.5. The van der Waals surface area contributed by atoms with E-state index < -0.39 is 10.0 Å². The van der Waals surface area contributed by atoms with Gasteiger partial charge in [0.15, 0.2) is 0 Å². The van der Waals surface area contributed by atoms with Crippen molar-refractivity contribution in [2.75, 3.05) is 5.73 Å². The van der Waals surface area contributed by atoms with Crippen LogP contribution in [-0.2, 0) is 23.0 Å². The van der Waals surface area contributed by atoms with Crippen molar-refractivity contribution >= 4 is 15.7 Å². The maximum Gasteiger partial charge on any atom is 0.240 e. The van der Waals surface area contributed by atoms with E-state index in [1.165, 1.54) is 6.07 Å². The number of aryl methyl sites for hydroxylation is 2. The summed E-state index contributed by atoms with van der Waals surface area (Å²) in [5, 5.41) is 0. The molecule has 1 aromatic carbocycles. The quantitative estimate of drug-likeness (QED) is 0.828. The van der Waals surface area contributed by atoms with Crippen LogP contribution in [0.3, 0.4) is 0 Å². The third-order valence-electron chi connectivity index (χ3n) is 3.20. The Morgan fingerprint density at radius 2 is 2.00 bits per heavy atom. The monoisotopic (exact) mass is 305 g/mol. The van der Waals surface area contributed by atoms with E-state index >= 15 is 0 Å². The molecule has 0 spiro atoms. The molecule has 6 heteroatoms. The van der Waals surface area contributed by atoms with Crippen LogP contribution in [0.5, 0.6) is 0 Å². The summed E-state index contributed by atoms with van der Waals surface area (Å²) in [6.45, 7) is 3.99. The van der Waals surface area contributed by atoms with Crippen molar-refractivity contribution in [3.8, 4) is 0 Å². The standard InChI is InChI=1S/C15H19N3O2S/c1-3-12-7-8-14(9-15(12)16)21(19,20)17-10-13-6-4-5-11(2)18-13/h4-9,17H,3,10,16H2,1-2H3. The molecule has 0 radical (unpaired) electrons. The molecule has 3 N–H and O–H groups in total. The summed E-state index contributed by atoms with van der Waals surface area (Å²) in [7, 11) is -3.59. The predicted octanol–water partition coefficient (Wildman–Crippen LogP) is 2.01. The summed E-state index contributed by atoms with van der Waals surface area (Å²) >= 11 is 0. The molecule has 0 bridgehead atoms. The fourth-order valence-electron chi connectivity index (χ4n) is 2.01. The molecule has 0 saturated carbocycles. The Morgan fingerprint density at radius 3 is 2.62 bits per heavy atom. The van der Waals surface area contributed by atoms with Crippen molar-refractivity contribution in [1.29, 1.82) is 0 Å². The fourth-order valence-corrected chi connectivity index (χ4v) is 3.05. The van der Waals surface area contributed by atoms with Crippen molar-refractivity contribution in [3.63, 3.8) is 0 Å². The van der Waals surface area contributed by atoms with Gasteiger partial charge in [0.05, 0.1) is 17.1 Å². The summed E-state index contributed by atoms with van der Waals surface area (Å²) in [6.07, 6.45) is 0.771. The lowest BCUT2D eigenvalue weighted by Crippen LogP contribution is -2.24. The van der Waals surface area contributed by atoms with Crippen LogP contribution in [0.1, 0.15) is 23.9 Å². The third-order valence-corrected chi connectivity index (χ3v) is 4.60. The molecule has 5 nitrogen and oxygen atoms in total. The molecule has 0 saturated heterocycles. The highest BCUT2D eigenvalue weighted by atomic mass is 32.2. The molecule has 2 rings (SSSR count). The summed E-state index contributed by atoms with van der Waals surface area (Å²) in [6, 6.07) is 10.3. The van der Waals surface area contributed by atoms with Gasteiger partial charge in [-0.3, -0.25) is 4.98 Å². The van der Waals surface area contributed by atoms with Gasteiger partial charge in [-0.2, -0.15) is 0 Å². The van der Waals surface area contributed by atoms with Crippen molar-refractivity contribution in [3.05, 3.63) is 53.3 Å². The van der Waals surface area contributed by atoms with Gasteiger partial charge in [-0.15, -0.1) is 0 Å².